The van der Waals surface area contributed by atoms with Crippen molar-refractivity contribution >= 4 is 31.9 Å². The van der Waals surface area contributed by atoms with Crippen LogP contribution in [0.2, 0.25) is 0 Å². The molecule has 1 aromatic carbocycles. The summed E-state index contributed by atoms with van der Waals surface area (Å²) in [5, 5.41) is 7.69. The average molecular weight is 496 g/mol. The van der Waals surface area contributed by atoms with Crippen LogP contribution in [-0.4, -0.2) is 41.5 Å². The number of sulfonamides is 1. The van der Waals surface area contributed by atoms with Gasteiger partial charge in [0.15, 0.2) is 17.0 Å². The molecule has 1 aliphatic rings. The van der Waals surface area contributed by atoms with Crippen molar-refractivity contribution in [2.45, 2.75) is 36.8 Å². The molecule has 4 rings (SSSR count). The first-order chi connectivity index (χ1) is 14.4. The highest BCUT2D eigenvalue weighted by Crippen LogP contribution is 2.27. The molecule has 1 fully saturated rings. The van der Waals surface area contributed by atoms with Gasteiger partial charge in [-0.25, -0.2) is 8.42 Å². The molecule has 30 heavy (non-hydrogen) atoms. The van der Waals surface area contributed by atoms with Crippen molar-refractivity contribution < 1.29 is 26.8 Å². The van der Waals surface area contributed by atoms with Gasteiger partial charge in [-0.05, 0) is 59.5 Å². The molecule has 0 radical (unpaired) electrons. The third kappa shape index (κ3) is 4.32. The van der Waals surface area contributed by atoms with Gasteiger partial charge in [0, 0.05) is 6.54 Å². The van der Waals surface area contributed by atoms with Gasteiger partial charge in [-0.3, -0.25) is 4.79 Å². The molecule has 0 saturated carbocycles. The Morgan fingerprint density at radius 1 is 1.13 bits per heavy atom. The second kappa shape index (κ2) is 8.70. The topological polar surface area (TPSA) is 116 Å². The van der Waals surface area contributed by atoms with E-state index in [1.807, 2.05) is 0 Å². The number of carbonyl (C=O) groups is 1. The molecule has 0 amide bonds. The van der Waals surface area contributed by atoms with Crippen LogP contribution < -0.4 is 0 Å². The number of piperidine rings is 1. The number of esters is 1. The molecule has 1 atom stereocenters. The normalized spacial score (nSPS) is 17.7. The summed E-state index contributed by atoms with van der Waals surface area (Å²) in [6.07, 6.45) is 1.81. The molecule has 158 valence electrons. The molecule has 0 bridgehead atoms. The predicted octanol–water partition coefficient (Wildman–Crippen LogP) is 3.38. The van der Waals surface area contributed by atoms with Gasteiger partial charge < -0.3 is 13.6 Å². The fraction of sp³-hybridized carbons (Fsp3) is 0.316. The minimum atomic E-state index is -3.80. The number of nitrogens with zero attached hydrogens (tertiary/aromatic N) is 3. The van der Waals surface area contributed by atoms with Crippen LogP contribution in [0.15, 0.2) is 60.9 Å². The summed E-state index contributed by atoms with van der Waals surface area (Å²) in [5.41, 5.74) is 0. The zero-order chi connectivity index (χ0) is 21.1. The molecule has 0 aliphatic carbocycles. The second-order valence-electron chi connectivity index (χ2n) is 6.65. The van der Waals surface area contributed by atoms with Crippen molar-refractivity contribution in [2.75, 3.05) is 6.54 Å². The number of furan rings is 1. The molecule has 0 N–H and O–H groups in total. The molecular formula is C19H18BrN3O6S. The number of benzene rings is 1. The lowest BCUT2D eigenvalue weighted by Crippen LogP contribution is -2.48. The fourth-order valence-corrected chi connectivity index (χ4v) is 5.20. The van der Waals surface area contributed by atoms with E-state index in [1.54, 1.807) is 30.3 Å². The second-order valence-corrected chi connectivity index (χ2v) is 9.32. The maximum atomic E-state index is 13.0. The molecule has 1 saturated heterocycles. The summed E-state index contributed by atoms with van der Waals surface area (Å²) in [4.78, 5) is 12.8. The lowest BCUT2D eigenvalue weighted by Gasteiger charge is -2.32. The van der Waals surface area contributed by atoms with Gasteiger partial charge in [-0.2, -0.15) is 4.31 Å². The Balaban J connectivity index is 1.45. The summed E-state index contributed by atoms with van der Waals surface area (Å²) in [5.74, 6) is -0.0362. The lowest BCUT2D eigenvalue weighted by atomic mass is 10.1. The van der Waals surface area contributed by atoms with Crippen LogP contribution >= 0.6 is 15.9 Å². The molecule has 3 aromatic rings. The van der Waals surface area contributed by atoms with E-state index >= 15 is 0 Å². The van der Waals surface area contributed by atoms with E-state index in [4.69, 9.17) is 13.6 Å². The molecule has 1 unspecified atom stereocenters. The molecule has 9 nitrogen and oxygen atoms in total. The van der Waals surface area contributed by atoms with Gasteiger partial charge in [0.05, 0.1) is 4.90 Å². The molecular weight excluding hydrogens is 478 g/mol. The van der Waals surface area contributed by atoms with E-state index in [9.17, 15) is 13.2 Å². The highest BCUT2D eigenvalue weighted by molar-refractivity contribution is 9.10. The summed E-state index contributed by atoms with van der Waals surface area (Å²) < 4.78 is 43.8. The minimum Gasteiger partial charge on any atom is -0.454 e. The summed E-state index contributed by atoms with van der Waals surface area (Å²) >= 11 is 3.19. The number of hydrogen-bond donors (Lipinski definition) is 0. The summed E-state index contributed by atoms with van der Waals surface area (Å²) in [6, 6.07) is 10.5. The number of aromatic nitrogens is 2. The largest absolute Gasteiger partial charge is 0.454 e. The van der Waals surface area contributed by atoms with Gasteiger partial charge in [-0.1, -0.05) is 18.2 Å². The van der Waals surface area contributed by atoms with Gasteiger partial charge in [0.2, 0.25) is 10.0 Å². The lowest BCUT2D eigenvalue weighted by molar-refractivity contribution is -0.151. The predicted molar refractivity (Wildman–Crippen MR) is 107 cm³/mol. The first-order valence-corrected chi connectivity index (χ1v) is 11.5. The van der Waals surface area contributed by atoms with Gasteiger partial charge in [-0.15, -0.1) is 10.2 Å². The third-order valence-corrected chi connectivity index (χ3v) is 7.01. The van der Waals surface area contributed by atoms with E-state index in [0.717, 1.165) is 6.42 Å². The van der Waals surface area contributed by atoms with E-state index in [-0.39, 0.29) is 29.8 Å². The van der Waals surface area contributed by atoms with Crippen LogP contribution in [0.25, 0.3) is 11.7 Å². The number of rotatable bonds is 6. The Kier molecular flexibility index (Phi) is 6.02. The average Bonchev–Trinajstić information content (AvgIpc) is 3.41. The Morgan fingerprint density at radius 2 is 1.93 bits per heavy atom. The monoisotopic (exact) mass is 495 g/mol. The quantitative estimate of drug-likeness (QED) is 0.477. The Bertz CT molecular complexity index is 1130. The fourth-order valence-electron chi connectivity index (χ4n) is 3.23. The number of carbonyl (C=O) groups excluding carboxylic acids is 1. The SMILES string of the molecule is O=C(OCc1nnc(-c2ccc(Br)o2)o1)C1CCCCN1S(=O)(=O)c1ccccc1. The van der Waals surface area contributed by atoms with Gasteiger partial charge in [0.1, 0.15) is 6.04 Å². The van der Waals surface area contributed by atoms with Crippen molar-refractivity contribution in [3.05, 3.63) is 53.0 Å². The zero-order valence-electron chi connectivity index (χ0n) is 15.7. The molecule has 2 aromatic heterocycles. The molecule has 3 heterocycles. The van der Waals surface area contributed by atoms with Crippen LogP contribution in [-0.2, 0) is 26.2 Å². The third-order valence-electron chi connectivity index (χ3n) is 4.66. The first kappa shape index (κ1) is 20.8. The minimum absolute atomic E-state index is 0.0825. The van der Waals surface area contributed by atoms with E-state index in [2.05, 4.69) is 26.1 Å². The summed E-state index contributed by atoms with van der Waals surface area (Å²) in [6.45, 7) is -0.00148. The van der Waals surface area contributed by atoms with Gasteiger partial charge in [0.25, 0.3) is 11.8 Å². The van der Waals surface area contributed by atoms with Crippen molar-refractivity contribution in [2.24, 2.45) is 0 Å². The Labute approximate surface area is 181 Å². The highest BCUT2D eigenvalue weighted by Gasteiger charge is 2.38. The van der Waals surface area contributed by atoms with Crippen LogP contribution in [0.1, 0.15) is 25.2 Å². The van der Waals surface area contributed by atoms with E-state index in [0.29, 0.717) is 23.3 Å². The molecule has 1 aliphatic heterocycles. The Morgan fingerprint density at radius 3 is 2.67 bits per heavy atom. The first-order valence-electron chi connectivity index (χ1n) is 9.27. The van der Waals surface area contributed by atoms with Crippen molar-refractivity contribution in [1.29, 1.82) is 0 Å². The number of ether oxygens (including phenoxy) is 1. The van der Waals surface area contributed by atoms with Crippen LogP contribution in [0, 0.1) is 0 Å². The standard InChI is InChI=1S/C19H18BrN3O6S/c20-16-10-9-15(28-16)18-22-21-17(29-18)12-27-19(24)14-8-4-5-11-23(14)30(25,26)13-6-2-1-3-7-13/h1-3,6-7,9-10,14H,4-5,8,11-12H2. The Hall–Kier alpha value is -2.50. The van der Waals surface area contributed by atoms with Crippen LogP contribution in [0.4, 0.5) is 0 Å². The summed E-state index contributed by atoms with van der Waals surface area (Å²) in [7, 11) is -3.80. The van der Waals surface area contributed by atoms with Crippen LogP contribution in [0.3, 0.4) is 0 Å². The maximum Gasteiger partial charge on any atom is 0.324 e. The number of hydrogen-bond acceptors (Lipinski definition) is 8. The maximum absolute atomic E-state index is 13.0. The molecule has 11 heteroatoms. The van der Waals surface area contributed by atoms with Crippen LogP contribution in [0.5, 0.6) is 0 Å². The van der Waals surface area contributed by atoms with Crippen molar-refractivity contribution in [3.8, 4) is 11.7 Å². The zero-order valence-corrected chi connectivity index (χ0v) is 18.1. The number of halogens is 1. The van der Waals surface area contributed by atoms with Crippen molar-refractivity contribution in [3.63, 3.8) is 0 Å². The van der Waals surface area contributed by atoms with E-state index < -0.39 is 22.0 Å². The van der Waals surface area contributed by atoms with Crippen molar-refractivity contribution in [1.82, 2.24) is 14.5 Å². The highest BCUT2D eigenvalue weighted by atomic mass is 79.9. The van der Waals surface area contributed by atoms with E-state index in [1.165, 1.54) is 16.4 Å². The molecule has 0 spiro atoms. The smallest absolute Gasteiger partial charge is 0.324 e. The van der Waals surface area contributed by atoms with Gasteiger partial charge >= 0.3 is 5.97 Å².